The van der Waals surface area contributed by atoms with Gasteiger partial charge >= 0.3 is 0 Å². The van der Waals surface area contributed by atoms with Crippen LogP contribution in [0.25, 0.3) is 0 Å². The van der Waals surface area contributed by atoms with Gasteiger partial charge in [0.1, 0.15) is 6.04 Å². The molecule has 7 nitrogen and oxygen atoms in total. The summed E-state index contributed by atoms with van der Waals surface area (Å²) in [6, 6.07) is 8.42. The molecule has 0 aliphatic carbocycles. The standard InChI is InChI=1S/C23H30N2O5S/c1-15-12-16(2)22(17(3)13-15)31(27,28)25-11-7-9-19(25)23(26)24-14-18-8-6-10-20(29-4)21(18)30-5/h6,8,10,12-13,19H,7,9,11,14H2,1-5H3,(H,24,26). The number of benzene rings is 2. The Hall–Kier alpha value is -2.58. The Balaban J connectivity index is 1.82. The van der Waals surface area contributed by atoms with E-state index in [1.165, 1.54) is 4.31 Å². The molecule has 0 radical (unpaired) electrons. The maximum absolute atomic E-state index is 13.5. The van der Waals surface area contributed by atoms with Gasteiger partial charge in [-0.2, -0.15) is 4.31 Å². The summed E-state index contributed by atoms with van der Waals surface area (Å²) < 4.78 is 39.0. The molecular weight excluding hydrogens is 416 g/mol. The molecule has 1 heterocycles. The summed E-state index contributed by atoms with van der Waals surface area (Å²) in [6.07, 6.45) is 1.13. The van der Waals surface area contributed by atoms with Gasteiger partial charge in [-0.05, 0) is 50.8 Å². The number of rotatable bonds is 7. The fourth-order valence-electron chi connectivity index (χ4n) is 4.37. The minimum Gasteiger partial charge on any atom is -0.493 e. The highest BCUT2D eigenvalue weighted by Gasteiger charge is 2.40. The second-order valence-corrected chi connectivity index (χ2v) is 9.70. The van der Waals surface area contributed by atoms with Crippen LogP contribution in [0.5, 0.6) is 11.5 Å². The van der Waals surface area contributed by atoms with E-state index in [-0.39, 0.29) is 12.5 Å². The average Bonchev–Trinajstić information content (AvgIpc) is 3.21. The molecule has 2 aromatic carbocycles. The van der Waals surface area contributed by atoms with E-state index in [4.69, 9.17) is 9.47 Å². The molecule has 1 unspecified atom stereocenters. The molecule has 1 fully saturated rings. The molecule has 2 aromatic rings. The van der Waals surface area contributed by atoms with Crippen LogP contribution in [0.4, 0.5) is 0 Å². The summed E-state index contributed by atoms with van der Waals surface area (Å²) in [7, 11) is -0.695. The van der Waals surface area contributed by atoms with Crippen molar-refractivity contribution in [2.24, 2.45) is 0 Å². The average molecular weight is 447 g/mol. The van der Waals surface area contributed by atoms with Crippen molar-refractivity contribution in [2.75, 3.05) is 20.8 Å². The molecular formula is C23H30N2O5S. The number of amides is 1. The minimum atomic E-state index is -3.79. The van der Waals surface area contributed by atoms with Crippen LogP contribution in [0.2, 0.25) is 0 Å². The summed E-state index contributed by atoms with van der Waals surface area (Å²) in [5, 5.41) is 2.88. The van der Waals surface area contributed by atoms with E-state index in [1.807, 2.05) is 31.2 Å². The Kier molecular flexibility index (Phi) is 6.91. The second-order valence-electron chi connectivity index (χ2n) is 7.87. The van der Waals surface area contributed by atoms with Crippen LogP contribution in [-0.4, -0.2) is 45.4 Å². The number of aryl methyl sites for hydroxylation is 3. The SMILES string of the molecule is COc1cccc(CNC(=O)C2CCCN2S(=O)(=O)c2c(C)cc(C)cc2C)c1OC. The van der Waals surface area contributed by atoms with Gasteiger partial charge in [-0.3, -0.25) is 4.79 Å². The normalized spacial score (nSPS) is 16.9. The fraction of sp³-hybridized carbons (Fsp3) is 0.435. The molecule has 0 aromatic heterocycles. The molecule has 1 atom stereocenters. The van der Waals surface area contributed by atoms with Crippen LogP contribution >= 0.6 is 0 Å². The number of carbonyl (C=O) groups excluding carboxylic acids is 1. The van der Waals surface area contributed by atoms with Crippen LogP contribution in [0, 0.1) is 20.8 Å². The molecule has 8 heteroatoms. The predicted octanol–water partition coefficient (Wildman–Crippen LogP) is 3.10. The van der Waals surface area contributed by atoms with Gasteiger partial charge in [-0.25, -0.2) is 8.42 Å². The van der Waals surface area contributed by atoms with Gasteiger partial charge in [0.05, 0.1) is 19.1 Å². The Morgan fingerprint density at radius 1 is 1.13 bits per heavy atom. The van der Waals surface area contributed by atoms with Crippen molar-refractivity contribution in [3.63, 3.8) is 0 Å². The van der Waals surface area contributed by atoms with Gasteiger partial charge in [0.15, 0.2) is 11.5 Å². The van der Waals surface area contributed by atoms with Gasteiger partial charge in [0.25, 0.3) is 0 Å². The van der Waals surface area contributed by atoms with Gasteiger partial charge < -0.3 is 14.8 Å². The first kappa shape index (κ1) is 23.1. The van der Waals surface area contributed by atoms with Crippen molar-refractivity contribution in [1.29, 1.82) is 0 Å². The second kappa shape index (κ2) is 9.28. The number of sulfonamides is 1. The third kappa shape index (κ3) is 4.55. The topological polar surface area (TPSA) is 84.9 Å². The molecule has 1 amide bonds. The summed E-state index contributed by atoms with van der Waals surface area (Å²) in [6.45, 7) is 6.08. The van der Waals surface area contributed by atoms with Gasteiger partial charge in [0, 0.05) is 18.7 Å². The monoisotopic (exact) mass is 446 g/mol. The van der Waals surface area contributed by atoms with Gasteiger partial charge in [-0.1, -0.05) is 29.8 Å². The number of para-hydroxylation sites is 1. The lowest BCUT2D eigenvalue weighted by molar-refractivity contribution is -0.124. The number of nitrogens with zero attached hydrogens (tertiary/aromatic N) is 1. The van der Waals surface area contributed by atoms with Crippen molar-refractivity contribution >= 4 is 15.9 Å². The van der Waals surface area contributed by atoms with E-state index in [2.05, 4.69) is 5.32 Å². The molecule has 1 aliphatic heterocycles. The largest absolute Gasteiger partial charge is 0.493 e. The highest BCUT2D eigenvalue weighted by Crippen LogP contribution is 2.32. The predicted molar refractivity (Wildman–Crippen MR) is 119 cm³/mol. The molecule has 31 heavy (non-hydrogen) atoms. The summed E-state index contributed by atoms with van der Waals surface area (Å²) in [5.41, 5.74) is 3.17. The molecule has 1 aliphatic rings. The quantitative estimate of drug-likeness (QED) is 0.707. The van der Waals surface area contributed by atoms with Crippen LogP contribution in [0.15, 0.2) is 35.2 Å². The van der Waals surface area contributed by atoms with E-state index in [0.717, 1.165) is 11.1 Å². The van der Waals surface area contributed by atoms with Crippen LogP contribution in [0.1, 0.15) is 35.1 Å². The maximum atomic E-state index is 13.5. The highest BCUT2D eigenvalue weighted by molar-refractivity contribution is 7.89. The van der Waals surface area contributed by atoms with E-state index in [1.54, 1.807) is 34.1 Å². The van der Waals surface area contributed by atoms with Gasteiger partial charge in [0.2, 0.25) is 15.9 Å². The number of ether oxygens (including phenoxy) is 2. The Morgan fingerprint density at radius 3 is 2.42 bits per heavy atom. The van der Waals surface area contributed by atoms with Crippen LogP contribution in [0.3, 0.4) is 0 Å². The van der Waals surface area contributed by atoms with E-state index >= 15 is 0 Å². The molecule has 0 bridgehead atoms. The van der Waals surface area contributed by atoms with Crippen molar-refractivity contribution in [1.82, 2.24) is 9.62 Å². The maximum Gasteiger partial charge on any atom is 0.244 e. The molecule has 0 saturated carbocycles. The zero-order valence-corrected chi connectivity index (χ0v) is 19.5. The lowest BCUT2D eigenvalue weighted by atomic mass is 10.1. The van der Waals surface area contributed by atoms with E-state index < -0.39 is 16.1 Å². The van der Waals surface area contributed by atoms with Crippen LogP contribution < -0.4 is 14.8 Å². The van der Waals surface area contributed by atoms with Crippen molar-refractivity contribution in [2.45, 2.75) is 51.1 Å². The number of carbonyl (C=O) groups is 1. The summed E-state index contributed by atoms with van der Waals surface area (Å²) >= 11 is 0. The van der Waals surface area contributed by atoms with Crippen molar-refractivity contribution in [3.8, 4) is 11.5 Å². The Morgan fingerprint density at radius 2 is 1.81 bits per heavy atom. The molecule has 168 valence electrons. The smallest absolute Gasteiger partial charge is 0.244 e. The number of hydrogen-bond donors (Lipinski definition) is 1. The van der Waals surface area contributed by atoms with Gasteiger partial charge in [-0.15, -0.1) is 0 Å². The molecule has 1 N–H and O–H groups in total. The number of hydrogen-bond acceptors (Lipinski definition) is 5. The highest BCUT2D eigenvalue weighted by atomic mass is 32.2. The first-order chi connectivity index (χ1) is 14.7. The molecule has 3 rings (SSSR count). The zero-order chi connectivity index (χ0) is 22.8. The van der Waals surface area contributed by atoms with Crippen molar-refractivity contribution in [3.05, 3.63) is 52.6 Å². The molecule has 0 spiro atoms. The lowest BCUT2D eigenvalue weighted by Gasteiger charge is -2.25. The van der Waals surface area contributed by atoms with Crippen molar-refractivity contribution < 1.29 is 22.7 Å². The molecule has 1 saturated heterocycles. The van der Waals surface area contributed by atoms with E-state index in [0.29, 0.717) is 46.9 Å². The Labute approximate surface area is 184 Å². The first-order valence-corrected chi connectivity index (χ1v) is 11.7. The minimum absolute atomic E-state index is 0.214. The third-order valence-electron chi connectivity index (χ3n) is 5.62. The summed E-state index contributed by atoms with van der Waals surface area (Å²) in [5.74, 6) is 0.810. The van der Waals surface area contributed by atoms with Crippen LogP contribution in [-0.2, 0) is 21.4 Å². The lowest BCUT2D eigenvalue weighted by Crippen LogP contribution is -2.46. The first-order valence-electron chi connectivity index (χ1n) is 10.3. The third-order valence-corrected chi connectivity index (χ3v) is 7.83. The summed E-state index contributed by atoms with van der Waals surface area (Å²) in [4.78, 5) is 13.3. The zero-order valence-electron chi connectivity index (χ0n) is 18.7. The fourth-order valence-corrected chi connectivity index (χ4v) is 6.45. The Bertz CT molecular complexity index is 1060. The number of nitrogens with one attached hydrogen (secondary N) is 1. The van der Waals surface area contributed by atoms with E-state index in [9.17, 15) is 13.2 Å². The number of methoxy groups -OCH3 is 2.